The third-order valence-corrected chi connectivity index (χ3v) is 3.91. The Morgan fingerprint density at radius 1 is 1.16 bits per heavy atom. The topological polar surface area (TPSA) is 38.9 Å². The Hall–Kier alpha value is -1.67. The zero-order valence-electron chi connectivity index (χ0n) is 11.4. The summed E-state index contributed by atoms with van der Waals surface area (Å²) in [5.74, 6) is 0. The lowest BCUT2D eigenvalue weighted by Gasteiger charge is -2.13. The van der Waals surface area contributed by atoms with E-state index in [1.807, 2.05) is 25.1 Å². The van der Waals surface area contributed by atoms with Crippen molar-refractivity contribution in [3.8, 4) is 0 Å². The third-order valence-electron chi connectivity index (χ3n) is 3.91. The lowest BCUT2D eigenvalue weighted by atomic mass is 9.99. The van der Waals surface area contributed by atoms with Crippen molar-refractivity contribution in [3.63, 3.8) is 0 Å². The number of nitrogens with zero attached hydrogens (tertiary/aromatic N) is 1. The minimum Gasteiger partial charge on any atom is -0.322 e. The van der Waals surface area contributed by atoms with E-state index in [-0.39, 0.29) is 6.04 Å². The van der Waals surface area contributed by atoms with Gasteiger partial charge in [-0.1, -0.05) is 24.3 Å². The van der Waals surface area contributed by atoms with E-state index in [9.17, 15) is 0 Å². The molecule has 19 heavy (non-hydrogen) atoms. The minimum absolute atomic E-state index is 0.0145. The number of aryl methyl sites for hydroxylation is 3. The molecule has 0 saturated heterocycles. The Kier molecular flexibility index (Phi) is 3.34. The molecule has 1 aromatic carbocycles. The molecule has 0 fully saturated rings. The second-order valence-electron chi connectivity index (χ2n) is 5.47. The summed E-state index contributed by atoms with van der Waals surface area (Å²) in [6.45, 7) is 2.01. The molecule has 1 aliphatic carbocycles. The van der Waals surface area contributed by atoms with Crippen molar-refractivity contribution in [1.29, 1.82) is 0 Å². The zero-order chi connectivity index (χ0) is 13.2. The van der Waals surface area contributed by atoms with Crippen molar-refractivity contribution in [2.45, 2.75) is 38.6 Å². The quantitative estimate of drug-likeness (QED) is 0.911. The van der Waals surface area contributed by atoms with Gasteiger partial charge in [0.05, 0.1) is 11.7 Å². The van der Waals surface area contributed by atoms with Crippen LogP contribution >= 0.6 is 0 Å². The summed E-state index contributed by atoms with van der Waals surface area (Å²) in [6.07, 6.45) is 4.62. The number of fused-ring (bicyclic) bond motifs is 1. The number of nitrogens with two attached hydrogens (primary N) is 1. The molecule has 3 rings (SSSR count). The fourth-order valence-corrected chi connectivity index (χ4v) is 2.88. The van der Waals surface area contributed by atoms with Crippen molar-refractivity contribution in [3.05, 3.63) is 64.5 Å². The number of aromatic nitrogens is 1. The number of rotatable bonds is 3. The van der Waals surface area contributed by atoms with E-state index in [1.54, 1.807) is 0 Å². The van der Waals surface area contributed by atoms with Gasteiger partial charge in [-0.15, -0.1) is 0 Å². The van der Waals surface area contributed by atoms with Gasteiger partial charge in [0, 0.05) is 5.69 Å². The summed E-state index contributed by atoms with van der Waals surface area (Å²) in [5, 5.41) is 0. The summed E-state index contributed by atoms with van der Waals surface area (Å²) in [4.78, 5) is 4.52. The molecule has 0 amide bonds. The van der Waals surface area contributed by atoms with Gasteiger partial charge in [0.15, 0.2) is 0 Å². The normalized spacial score (nSPS) is 15.3. The van der Waals surface area contributed by atoms with Gasteiger partial charge in [-0.2, -0.15) is 0 Å². The first-order chi connectivity index (χ1) is 9.22. The van der Waals surface area contributed by atoms with Gasteiger partial charge in [-0.25, -0.2) is 0 Å². The van der Waals surface area contributed by atoms with E-state index in [0.717, 1.165) is 17.8 Å². The summed E-state index contributed by atoms with van der Waals surface area (Å²) in [6, 6.07) is 12.9. The Labute approximate surface area is 114 Å². The van der Waals surface area contributed by atoms with Crippen molar-refractivity contribution in [1.82, 2.24) is 4.98 Å². The van der Waals surface area contributed by atoms with E-state index in [0.29, 0.717) is 0 Å². The van der Waals surface area contributed by atoms with Crippen LogP contribution in [0.4, 0.5) is 0 Å². The van der Waals surface area contributed by atoms with E-state index in [4.69, 9.17) is 5.73 Å². The molecule has 1 heterocycles. The molecule has 1 aliphatic rings. The SMILES string of the molecule is Cc1cccc(C(N)Cc2ccc3c(c2)CCC3)n1. The molecule has 2 aromatic rings. The van der Waals surface area contributed by atoms with Crippen LogP contribution < -0.4 is 5.73 Å². The molecule has 1 atom stereocenters. The maximum Gasteiger partial charge on any atom is 0.0577 e. The standard InChI is InChI=1S/C17H20N2/c1-12-4-2-7-17(19-12)16(18)11-13-8-9-14-5-3-6-15(14)10-13/h2,4,7-10,16H,3,5-6,11,18H2,1H3. The largest absolute Gasteiger partial charge is 0.322 e. The summed E-state index contributed by atoms with van der Waals surface area (Å²) in [7, 11) is 0. The van der Waals surface area contributed by atoms with Gasteiger partial charge in [0.2, 0.25) is 0 Å². The second-order valence-corrected chi connectivity index (χ2v) is 5.47. The van der Waals surface area contributed by atoms with Crippen molar-refractivity contribution in [2.75, 3.05) is 0 Å². The van der Waals surface area contributed by atoms with Crippen LogP contribution in [0.3, 0.4) is 0 Å². The van der Waals surface area contributed by atoms with Crippen LogP contribution in [0.25, 0.3) is 0 Å². The van der Waals surface area contributed by atoms with Gasteiger partial charge in [-0.3, -0.25) is 4.98 Å². The molecule has 2 N–H and O–H groups in total. The summed E-state index contributed by atoms with van der Waals surface area (Å²) >= 11 is 0. The number of benzene rings is 1. The fraction of sp³-hybridized carbons (Fsp3) is 0.353. The van der Waals surface area contributed by atoms with Crippen LogP contribution in [0.2, 0.25) is 0 Å². The molecule has 0 spiro atoms. The van der Waals surface area contributed by atoms with Crippen LogP contribution in [0.15, 0.2) is 36.4 Å². The van der Waals surface area contributed by atoms with Gasteiger partial charge in [-0.05, 0) is 61.4 Å². The zero-order valence-corrected chi connectivity index (χ0v) is 11.4. The van der Waals surface area contributed by atoms with Crippen LogP contribution in [-0.4, -0.2) is 4.98 Å². The van der Waals surface area contributed by atoms with Crippen LogP contribution in [0.5, 0.6) is 0 Å². The predicted molar refractivity (Wildman–Crippen MR) is 78.1 cm³/mol. The van der Waals surface area contributed by atoms with E-state index in [2.05, 4.69) is 23.2 Å². The predicted octanol–water partition coefficient (Wildman–Crippen LogP) is 3.12. The van der Waals surface area contributed by atoms with Gasteiger partial charge in [0.1, 0.15) is 0 Å². The Bertz CT molecular complexity index is 590. The van der Waals surface area contributed by atoms with Crippen molar-refractivity contribution < 1.29 is 0 Å². The molecular formula is C17H20N2. The van der Waals surface area contributed by atoms with Crippen molar-refractivity contribution >= 4 is 0 Å². The molecule has 0 aliphatic heterocycles. The highest BCUT2D eigenvalue weighted by Gasteiger charge is 2.13. The van der Waals surface area contributed by atoms with Crippen LogP contribution in [0, 0.1) is 6.92 Å². The summed E-state index contributed by atoms with van der Waals surface area (Å²) in [5.41, 5.74) is 12.7. The molecule has 2 nitrogen and oxygen atoms in total. The van der Waals surface area contributed by atoms with Crippen LogP contribution in [0.1, 0.15) is 40.5 Å². The van der Waals surface area contributed by atoms with Crippen molar-refractivity contribution in [2.24, 2.45) is 5.73 Å². The highest BCUT2D eigenvalue weighted by molar-refractivity contribution is 5.36. The lowest BCUT2D eigenvalue weighted by molar-refractivity contribution is 0.693. The monoisotopic (exact) mass is 252 g/mol. The molecular weight excluding hydrogens is 232 g/mol. The number of hydrogen-bond donors (Lipinski definition) is 1. The second kappa shape index (κ2) is 5.14. The highest BCUT2D eigenvalue weighted by Crippen LogP contribution is 2.24. The smallest absolute Gasteiger partial charge is 0.0577 e. The fourth-order valence-electron chi connectivity index (χ4n) is 2.88. The first-order valence-corrected chi connectivity index (χ1v) is 7.02. The third kappa shape index (κ3) is 2.69. The number of pyridine rings is 1. The molecule has 1 unspecified atom stereocenters. The average Bonchev–Trinajstić information content (AvgIpc) is 2.86. The average molecular weight is 252 g/mol. The molecule has 2 heteroatoms. The Morgan fingerprint density at radius 2 is 2.00 bits per heavy atom. The number of hydrogen-bond acceptors (Lipinski definition) is 2. The Morgan fingerprint density at radius 3 is 2.84 bits per heavy atom. The van der Waals surface area contributed by atoms with E-state index in [1.165, 1.54) is 36.0 Å². The first kappa shape index (κ1) is 12.4. The lowest BCUT2D eigenvalue weighted by Crippen LogP contribution is -2.15. The van der Waals surface area contributed by atoms with Gasteiger partial charge < -0.3 is 5.73 Å². The molecule has 0 saturated carbocycles. The van der Waals surface area contributed by atoms with E-state index >= 15 is 0 Å². The molecule has 1 aromatic heterocycles. The maximum atomic E-state index is 6.28. The van der Waals surface area contributed by atoms with Crippen LogP contribution in [-0.2, 0) is 19.3 Å². The Balaban J connectivity index is 1.77. The minimum atomic E-state index is -0.0145. The first-order valence-electron chi connectivity index (χ1n) is 7.02. The maximum absolute atomic E-state index is 6.28. The molecule has 98 valence electrons. The van der Waals surface area contributed by atoms with Gasteiger partial charge in [0.25, 0.3) is 0 Å². The summed E-state index contributed by atoms with van der Waals surface area (Å²) < 4.78 is 0. The highest BCUT2D eigenvalue weighted by atomic mass is 14.8. The van der Waals surface area contributed by atoms with E-state index < -0.39 is 0 Å². The molecule has 0 radical (unpaired) electrons. The van der Waals surface area contributed by atoms with Gasteiger partial charge >= 0.3 is 0 Å². The molecule has 0 bridgehead atoms.